The van der Waals surface area contributed by atoms with Crippen molar-refractivity contribution >= 4 is 29.3 Å². The van der Waals surface area contributed by atoms with Crippen molar-refractivity contribution in [2.24, 2.45) is 0 Å². The summed E-state index contributed by atoms with van der Waals surface area (Å²) in [7, 11) is 0. The Labute approximate surface area is 161 Å². The van der Waals surface area contributed by atoms with E-state index in [-0.39, 0.29) is 11.8 Å². The summed E-state index contributed by atoms with van der Waals surface area (Å²) in [6.45, 7) is 6.35. The number of nitrogens with one attached hydrogen (secondary N) is 2. The van der Waals surface area contributed by atoms with Gasteiger partial charge < -0.3 is 10.6 Å². The maximum atomic E-state index is 12.2. The van der Waals surface area contributed by atoms with Gasteiger partial charge in [-0.2, -0.15) is 0 Å². The highest BCUT2D eigenvalue weighted by atomic mass is 16.2. The van der Waals surface area contributed by atoms with Crippen LogP contribution >= 0.6 is 0 Å². The molecule has 0 fully saturated rings. The molecule has 2 rings (SSSR count). The molecule has 0 aliphatic carbocycles. The normalized spacial score (nSPS) is 11.0. The van der Waals surface area contributed by atoms with Gasteiger partial charge >= 0.3 is 0 Å². The number of amides is 2. The molecule has 2 N–H and O–H groups in total. The first-order valence-electron chi connectivity index (χ1n) is 9.47. The largest absolute Gasteiger partial charge is 0.326 e. The monoisotopic (exact) mass is 364 g/mol. The van der Waals surface area contributed by atoms with E-state index in [0.717, 1.165) is 18.4 Å². The molecule has 4 heteroatoms. The van der Waals surface area contributed by atoms with Crippen LogP contribution in [0.4, 0.5) is 11.4 Å². The van der Waals surface area contributed by atoms with Crippen LogP contribution in [0.2, 0.25) is 0 Å². The zero-order valence-corrected chi connectivity index (χ0v) is 16.3. The van der Waals surface area contributed by atoms with Crippen molar-refractivity contribution in [2.45, 2.75) is 46.0 Å². The molecule has 0 unspecified atom stereocenters. The van der Waals surface area contributed by atoms with Gasteiger partial charge in [0, 0.05) is 23.9 Å². The molecule has 27 heavy (non-hydrogen) atoms. The first-order chi connectivity index (χ1) is 13.0. The molecule has 2 aromatic rings. The van der Waals surface area contributed by atoms with Crippen molar-refractivity contribution in [3.63, 3.8) is 0 Å². The van der Waals surface area contributed by atoms with Crippen LogP contribution in [-0.2, 0) is 9.59 Å². The van der Waals surface area contributed by atoms with E-state index >= 15 is 0 Å². The molecule has 4 nitrogen and oxygen atoms in total. The average molecular weight is 364 g/mol. The SMILES string of the molecule is CCCCC(=O)Nc1cccc(NC(=O)/C=C/c2ccc(C(C)C)cc2)c1. The molecule has 142 valence electrons. The van der Waals surface area contributed by atoms with E-state index in [1.54, 1.807) is 24.3 Å². The van der Waals surface area contributed by atoms with E-state index in [4.69, 9.17) is 0 Å². The van der Waals surface area contributed by atoms with E-state index < -0.39 is 0 Å². The molecule has 2 aromatic carbocycles. The number of hydrogen-bond donors (Lipinski definition) is 2. The average Bonchev–Trinajstić information content (AvgIpc) is 2.65. The van der Waals surface area contributed by atoms with Gasteiger partial charge in [0.25, 0.3) is 0 Å². The van der Waals surface area contributed by atoms with Crippen molar-refractivity contribution in [3.05, 3.63) is 65.7 Å². The smallest absolute Gasteiger partial charge is 0.248 e. The van der Waals surface area contributed by atoms with Crippen LogP contribution < -0.4 is 10.6 Å². The summed E-state index contributed by atoms with van der Waals surface area (Å²) in [5.74, 6) is 0.267. The summed E-state index contributed by atoms with van der Waals surface area (Å²) in [4.78, 5) is 24.0. The second-order valence-corrected chi connectivity index (χ2v) is 6.88. The first kappa shape index (κ1) is 20.4. The Kier molecular flexibility index (Phi) is 7.80. The fourth-order valence-electron chi connectivity index (χ4n) is 2.58. The Morgan fingerprint density at radius 3 is 2.30 bits per heavy atom. The van der Waals surface area contributed by atoms with E-state index in [9.17, 15) is 9.59 Å². The molecule has 0 saturated heterocycles. The minimum atomic E-state index is -0.211. The quantitative estimate of drug-likeness (QED) is 0.600. The number of hydrogen-bond acceptors (Lipinski definition) is 2. The van der Waals surface area contributed by atoms with Gasteiger partial charge in [0.05, 0.1) is 0 Å². The molecule has 0 aliphatic heterocycles. The number of carbonyl (C=O) groups is 2. The van der Waals surface area contributed by atoms with Gasteiger partial charge in [0.2, 0.25) is 11.8 Å². The Morgan fingerprint density at radius 2 is 1.67 bits per heavy atom. The van der Waals surface area contributed by atoms with Crippen LogP contribution in [0.15, 0.2) is 54.6 Å². The summed E-state index contributed by atoms with van der Waals surface area (Å²) in [5, 5.41) is 5.68. The zero-order chi connectivity index (χ0) is 19.6. The third-order valence-corrected chi connectivity index (χ3v) is 4.20. The molecule has 0 heterocycles. The number of unbranched alkanes of at least 4 members (excludes halogenated alkanes) is 1. The van der Waals surface area contributed by atoms with Crippen molar-refractivity contribution in [2.75, 3.05) is 10.6 Å². The molecule has 0 atom stereocenters. The van der Waals surface area contributed by atoms with Gasteiger partial charge in [-0.25, -0.2) is 0 Å². The minimum absolute atomic E-state index is 0.00920. The zero-order valence-electron chi connectivity index (χ0n) is 16.3. The van der Waals surface area contributed by atoms with Gasteiger partial charge in [-0.3, -0.25) is 9.59 Å². The lowest BCUT2D eigenvalue weighted by molar-refractivity contribution is -0.116. The maximum Gasteiger partial charge on any atom is 0.248 e. The highest BCUT2D eigenvalue weighted by Gasteiger charge is 2.04. The van der Waals surface area contributed by atoms with Crippen LogP contribution in [0, 0.1) is 0 Å². The van der Waals surface area contributed by atoms with Crippen molar-refractivity contribution < 1.29 is 9.59 Å². The van der Waals surface area contributed by atoms with Gasteiger partial charge in [0.1, 0.15) is 0 Å². The van der Waals surface area contributed by atoms with Crippen LogP contribution in [0.1, 0.15) is 57.1 Å². The Balaban J connectivity index is 1.93. The number of anilines is 2. The van der Waals surface area contributed by atoms with E-state index in [2.05, 4.69) is 43.5 Å². The number of rotatable bonds is 8. The molecule has 2 amide bonds. The standard InChI is InChI=1S/C23H28N2O2/c1-4-5-9-22(26)24-20-7-6-8-21(16-20)25-23(27)15-12-18-10-13-19(14-11-18)17(2)3/h6-8,10-17H,4-5,9H2,1-3H3,(H,24,26)(H,25,27)/b15-12+. The lowest BCUT2D eigenvalue weighted by Gasteiger charge is -2.08. The van der Waals surface area contributed by atoms with Gasteiger partial charge in [-0.1, -0.05) is 57.5 Å². The lowest BCUT2D eigenvalue weighted by atomic mass is 10.0. The second-order valence-electron chi connectivity index (χ2n) is 6.88. The second kappa shape index (κ2) is 10.3. The predicted molar refractivity (Wildman–Crippen MR) is 113 cm³/mol. The van der Waals surface area contributed by atoms with E-state index in [1.165, 1.54) is 11.6 Å². The molecule has 0 spiro atoms. The maximum absolute atomic E-state index is 12.2. The molecule has 0 radical (unpaired) electrons. The molecular formula is C23H28N2O2. The highest BCUT2D eigenvalue weighted by molar-refractivity contribution is 6.02. The summed E-state index contributed by atoms with van der Waals surface area (Å²) in [5.41, 5.74) is 3.58. The van der Waals surface area contributed by atoms with Gasteiger partial charge in [-0.05, 0) is 47.7 Å². The van der Waals surface area contributed by atoms with Gasteiger partial charge in [0.15, 0.2) is 0 Å². The molecule has 0 aliphatic rings. The Bertz CT molecular complexity index is 792. The summed E-state index contributed by atoms with van der Waals surface area (Å²) in [6, 6.07) is 15.3. The van der Waals surface area contributed by atoms with Crippen LogP contribution in [0.3, 0.4) is 0 Å². The van der Waals surface area contributed by atoms with Gasteiger partial charge in [-0.15, -0.1) is 0 Å². The fraction of sp³-hybridized carbons (Fsp3) is 0.304. The topological polar surface area (TPSA) is 58.2 Å². The Morgan fingerprint density at radius 1 is 1.00 bits per heavy atom. The van der Waals surface area contributed by atoms with Crippen LogP contribution in [-0.4, -0.2) is 11.8 Å². The first-order valence-corrected chi connectivity index (χ1v) is 9.47. The summed E-state index contributed by atoms with van der Waals surface area (Å²) in [6.07, 6.45) is 5.65. The number of carbonyl (C=O) groups excluding carboxylic acids is 2. The predicted octanol–water partition coefficient (Wildman–Crippen LogP) is 5.59. The third kappa shape index (κ3) is 7.10. The van der Waals surface area contributed by atoms with Crippen LogP contribution in [0.5, 0.6) is 0 Å². The third-order valence-electron chi connectivity index (χ3n) is 4.20. The highest BCUT2D eigenvalue weighted by Crippen LogP contribution is 2.17. The van der Waals surface area contributed by atoms with Crippen molar-refractivity contribution in [3.8, 4) is 0 Å². The number of benzene rings is 2. The molecule has 0 saturated carbocycles. The molecule has 0 bridgehead atoms. The minimum Gasteiger partial charge on any atom is -0.326 e. The summed E-state index contributed by atoms with van der Waals surface area (Å²) < 4.78 is 0. The van der Waals surface area contributed by atoms with Crippen LogP contribution in [0.25, 0.3) is 6.08 Å². The Hall–Kier alpha value is -2.88. The van der Waals surface area contributed by atoms with E-state index in [1.807, 2.05) is 18.2 Å². The fourth-order valence-corrected chi connectivity index (χ4v) is 2.58. The lowest BCUT2D eigenvalue weighted by Crippen LogP contribution is -2.12. The summed E-state index contributed by atoms with van der Waals surface area (Å²) >= 11 is 0. The van der Waals surface area contributed by atoms with Crippen molar-refractivity contribution in [1.29, 1.82) is 0 Å². The molecular weight excluding hydrogens is 336 g/mol. The molecule has 0 aromatic heterocycles. The van der Waals surface area contributed by atoms with Crippen molar-refractivity contribution in [1.82, 2.24) is 0 Å². The van der Waals surface area contributed by atoms with E-state index in [0.29, 0.717) is 23.7 Å².